The van der Waals surface area contributed by atoms with Crippen LogP contribution in [-0.2, 0) is 0 Å². The van der Waals surface area contributed by atoms with Crippen LogP contribution >= 0.6 is 11.8 Å². The average molecular weight is 520 g/mol. The second-order valence-electron chi connectivity index (χ2n) is 11.0. The van der Waals surface area contributed by atoms with E-state index >= 15 is 0 Å². The number of nitrogens with one attached hydrogen (secondary N) is 4. The van der Waals surface area contributed by atoms with Crippen molar-refractivity contribution in [2.75, 3.05) is 5.75 Å². The zero-order valence-electron chi connectivity index (χ0n) is 21.2. The molecule has 5 atom stereocenters. The smallest absolute Gasteiger partial charge is 0.354 e. The lowest BCUT2D eigenvalue weighted by Gasteiger charge is -2.31. The van der Waals surface area contributed by atoms with Gasteiger partial charge >= 0.3 is 5.69 Å². The third kappa shape index (κ3) is 5.35. The van der Waals surface area contributed by atoms with Gasteiger partial charge in [0, 0.05) is 47.2 Å². The number of nitrogens with two attached hydrogens (primary N) is 1. The highest BCUT2D eigenvalue weighted by molar-refractivity contribution is 8.13. The number of piperidine rings is 1. The molecule has 6 rings (SSSR count). The Morgan fingerprint density at radius 1 is 1.08 bits per heavy atom. The van der Waals surface area contributed by atoms with Gasteiger partial charge in [-0.2, -0.15) is 4.98 Å². The van der Waals surface area contributed by atoms with Crippen molar-refractivity contribution in [1.82, 2.24) is 25.2 Å². The van der Waals surface area contributed by atoms with Crippen molar-refractivity contribution in [3.63, 3.8) is 0 Å². The molecule has 0 bridgehead atoms. The van der Waals surface area contributed by atoms with Gasteiger partial charge in [-0.25, -0.2) is 4.79 Å². The zero-order valence-corrected chi connectivity index (χ0v) is 22.0. The van der Waals surface area contributed by atoms with E-state index in [2.05, 4.69) is 38.8 Å². The summed E-state index contributed by atoms with van der Waals surface area (Å²) in [5, 5.41) is 16.1. The van der Waals surface area contributed by atoms with Crippen LogP contribution in [0.5, 0.6) is 0 Å². The lowest BCUT2D eigenvalue weighted by molar-refractivity contribution is 0.320. The maximum Gasteiger partial charge on any atom is 0.354 e. The average Bonchev–Trinajstić information content (AvgIpc) is 3.52. The Balaban J connectivity index is 1.16. The summed E-state index contributed by atoms with van der Waals surface area (Å²) >= 11 is 1.41. The fraction of sp³-hybridized carbons (Fsp3) is 0.536. The molecule has 37 heavy (non-hydrogen) atoms. The van der Waals surface area contributed by atoms with Crippen LogP contribution in [0.4, 0.5) is 0 Å². The minimum Gasteiger partial charge on any atom is -0.379 e. The second-order valence-corrected chi connectivity index (χ2v) is 12.1. The number of hydrogen-bond donors (Lipinski definition) is 5. The topological polar surface area (TPSA) is 125 Å². The first-order valence-corrected chi connectivity index (χ1v) is 14.7. The molecular formula is C28H37N7OS. The van der Waals surface area contributed by atoms with Gasteiger partial charge in [0.25, 0.3) is 0 Å². The van der Waals surface area contributed by atoms with Crippen molar-refractivity contribution >= 4 is 28.0 Å². The molecule has 6 N–H and O–H groups in total. The van der Waals surface area contributed by atoms with E-state index in [0.29, 0.717) is 29.8 Å². The van der Waals surface area contributed by atoms with Gasteiger partial charge in [0.2, 0.25) is 0 Å². The maximum absolute atomic E-state index is 12.9. The van der Waals surface area contributed by atoms with E-state index in [4.69, 9.17) is 11.1 Å². The summed E-state index contributed by atoms with van der Waals surface area (Å²) < 4.78 is 1.65. The van der Waals surface area contributed by atoms with Crippen LogP contribution in [0.1, 0.15) is 81.1 Å². The second kappa shape index (κ2) is 10.6. The number of nitrogens with zero attached hydrogens (tertiary/aromatic N) is 2. The summed E-state index contributed by atoms with van der Waals surface area (Å²) in [6, 6.07) is 12.2. The summed E-state index contributed by atoms with van der Waals surface area (Å²) in [6.45, 7) is 0. The molecule has 1 aliphatic carbocycles. The maximum atomic E-state index is 12.9. The molecule has 8 nitrogen and oxygen atoms in total. The van der Waals surface area contributed by atoms with Gasteiger partial charge in [0.05, 0.1) is 5.69 Å². The largest absolute Gasteiger partial charge is 0.379 e. The van der Waals surface area contributed by atoms with Gasteiger partial charge in [0.15, 0.2) is 5.17 Å². The molecule has 3 aliphatic rings. The predicted octanol–water partition coefficient (Wildman–Crippen LogP) is 4.51. The third-order valence-corrected chi connectivity index (χ3v) is 9.30. The number of amidine groups is 1. The van der Waals surface area contributed by atoms with Crippen molar-refractivity contribution in [3.8, 4) is 5.69 Å². The first kappa shape index (κ1) is 24.7. The molecule has 1 aromatic carbocycles. The quantitative estimate of drug-likeness (QED) is 0.241. The number of aromatic amines is 1. The summed E-state index contributed by atoms with van der Waals surface area (Å²) in [7, 11) is 0. The molecule has 2 saturated heterocycles. The third-order valence-electron chi connectivity index (χ3n) is 8.55. The van der Waals surface area contributed by atoms with Crippen LogP contribution < -0.4 is 22.1 Å². The molecule has 196 valence electrons. The minimum absolute atomic E-state index is 0.189. The van der Waals surface area contributed by atoms with Crippen molar-refractivity contribution in [3.05, 3.63) is 58.3 Å². The van der Waals surface area contributed by atoms with Crippen LogP contribution in [0.3, 0.4) is 0 Å². The summed E-state index contributed by atoms with van der Waals surface area (Å²) in [4.78, 5) is 20.7. The highest BCUT2D eigenvalue weighted by atomic mass is 32.2. The molecular weight excluding hydrogens is 482 g/mol. The molecule has 0 radical (unpaired) electrons. The lowest BCUT2D eigenvalue weighted by atomic mass is 9.85. The SMILES string of the molecule is N=C(N)SCC[C@@H]1CCC[C@@H](c2ccc(-n3cc4cc([C@@H]5C[C@H]6CCCC[C@@H]6N5)[nH]c4nc3=O)cc2)N1. The van der Waals surface area contributed by atoms with E-state index in [-0.39, 0.29) is 10.9 Å². The van der Waals surface area contributed by atoms with Gasteiger partial charge in [-0.05, 0) is 68.2 Å². The molecule has 2 aliphatic heterocycles. The Hall–Kier alpha value is -2.62. The summed E-state index contributed by atoms with van der Waals surface area (Å²) in [5.74, 6) is 1.64. The fourth-order valence-corrected chi connectivity index (χ4v) is 7.25. The standard InChI is InChI=1S/C28H37N7OS/c29-27(30)37-13-12-20-5-3-7-22(31-20)17-8-10-21(11-9-17)35-16-19-15-25(33-26(19)34-28(35)36)24-14-18-4-1-2-6-23(18)32-24/h8-11,15-16,18,20,22-24,31-32H,1-7,12-14H2,(H3,29,30)(H,33,34,36)/t18-,20+,22+,23+,24+/m1/s1. The highest BCUT2D eigenvalue weighted by Crippen LogP contribution is 2.39. The predicted molar refractivity (Wildman–Crippen MR) is 150 cm³/mol. The molecule has 4 heterocycles. The van der Waals surface area contributed by atoms with Crippen molar-refractivity contribution < 1.29 is 0 Å². The molecule has 9 heteroatoms. The highest BCUT2D eigenvalue weighted by Gasteiger charge is 2.36. The minimum atomic E-state index is -0.263. The number of aromatic nitrogens is 3. The van der Waals surface area contributed by atoms with Crippen molar-refractivity contribution in [2.24, 2.45) is 11.7 Å². The van der Waals surface area contributed by atoms with Gasteiger partial charge < -0.3 is 21.4 Å². The van der Waals surface area contributed by atoms with Crippen LogP contribution in [-0.4, -0.2) is 37.5 Å². The number of hydrogen-bond acceptors (Lipinski definition) is 6. The van der Waals surface area contributed by atoms with E-state index in [1.165, 1.54) is 49.4 Å². The van der Waals surface area contributed by atoms with Gasteiger partial charge in [0.1, 0.15) is 5.65 Å². The summed E-state index contributed by atoms with van der Waals surface area (Å²) in [5.41, 5.74) is 9.10. The Morgan fingerprint density at radius 2 is 1.92 bits per heavy atom. The molecule has 0 amide bonds. The van der Waals surface area contributed by atoms with Gasteiger partial charge in [-0.3, -0.25) is 9.98 Å². The van der Waals surface area contributed by atoms with Gasteiger partial charge in [-0.15, -0.1) is 0 Å². The Labute approximate surface area is 221 Å². The monoisotopic (exact) mass is 519 g/mol. The van der Waals surface area contributed by atoms with Gasteiger partial charge in [-0.1, -0.05) is 43.2 Å². The lowest BCUT2D eigenvalue weighted by Crippen LogP contribution is -2.37. The van der Waals surface area contributed by atoms with E-state index in [1.54, 1.807) is 4.57 Å². The van der Waals surface area contributed by atoms with E-state index in [0.717, 1.165) is 54.1 Å². The molecule has 0 unspecified atom stereocenters. The molecule has 0 spiro atoms. The van der Waals surface area contributed by atoms with Crippen LogP contribution in [0.15, 0.2) is 41.3 Å². The van der Waals surface area contributed by atoms with E-state index < -0.39 is 0 Å². The fourth-order valence-electron chi connectivity index (χ4n) is 6.63. The first-order valence-electron chi connectivity index (χ1n) is 13.7. The molecule has 2 aromatic heterocycles. The molecule has 1 saturated carbocycles. The normalized spacial score (nSPS) is 27.8. The molecule has 3 fully saturated rings. The summed E-state index contributed by atoms with van der Waals surface area (Å²) in [6.07, 6.45) is 12.8. The number of fused-ring (bicyclic) bond motifs is 2. The number of benzene rings is 1. The van der Waals surface area contributed by atoms with Crippen LogP contribution in [0.2, 0.25) is 0 Å². The van der Waals surface area contributed by atoms with Crippen molar-refractivity contribution in [1.29, 1.82) is 5.41 Å². The van der Waals surface area contributed by atoms with E-state index in [1.807, 2.05) is 18.3 Å². The molecule has 3 aromatic rings. The van der Waals surface area contributed by atoms with E-state index in [9.17, 15) is 4.79 Å². The Bertz CT molecular complexity index is 1300. The number of H-pyrrole nitrogens is 1. The Morgan fingerprint density at radius 3 is 2.73 bits per heavy atom. The van der Waals surface area contributed by atoms with Crippen LogP contribution in [0.25, 0.3) is 16.7 Å². The van der Waals surface area contributed by atoms with Crippen molar-refractivity contribution in [2.45, 2.75) is 82.0 Å². The number of thioether (sulfide) groups is 1. The first-order chi connectivity index (χ1) is 18.0. The number of rotatable bonds is 6. The van der Waals surface area contributed by atoms with Crippen LogP contribution in [0, 0.1) is 11.3 Å². The Kier molecular flexibility index (Phi) is 7.10. The zero-order chi connectivity index (χ0) is 25.4.